The van der Waals surface area contributed by atoms with E-state index >= 15 is 0 Å². The Kier molecular flexibility index (Phi) is 2.37. The van der Waals surface area contributed by atoms with E-state index in [1.54, 1.807) is 11.3 Å². The molecule has 52 valence electrons. The molecule has 1 rings (SSSR count). The van der Waals surface area contributed by atoms with Gasteiger partial charge in [0.25, 0.3) is 0 Å². The fourth-order valence-corrected chi connectivity index (χ4v) is 1.41. The average Bonchev–Trinajstić information content (AvgIpc) is 2.38. The van der Waals surface area contributed by atoms with Crippen LogP contribution in [0.25, 0.3) is 0 Å². The van der Waals surface area contributed by atoms with Gasteiger partial charge in [-0.1, -0.05) is 0 Å². The van der Waals surface area contributed by atoms with Crippen LogP contribution in [0.5, 0.6) is 0 Å². The summed E-state index contributed by atoms with van der Waals surface area (Å²) in [5.41, 5.74) is 1.08. The fourth-order valence-electron chi connectivity index (χ4n) is 0.666. The van der Waals surface area contributed by atoms with E-state index in [4.69, 9.17) is 0 Å². The van der Waals surface area contributed by atoms with Crippen LogP contribution in [0.1, 0.15) is 18.5 Å². The molecule has 1 unspecified atom stereocenters. The molecule has 1 atom stereocenters. The van der Waals surface area contributed by atoms with Crippen LogP contribution in [0.4, 0.5) is 0 Å². The first kappa shape index (κ1) is 7.19. The van der Waals surface area contributed by atoms with E-state index < -0.39 is 0 Å². The minimum atomic E-state index is -0.0382. The first-order valence-corrected chi connectivity index (χ1v) is 3.88. The Morgan fingerprint density at radius 3 is 3.10 bits per heavy atom. The monoisotopic (exact) mass is 153 g/mol. The maximum Gasteiger partial charge on any atom is 0.235 e. The lowest BCUT2D eigenvalue weighted by molar-refractivity contribution is 0.559. The highest BCUT2D eigenvalue weighted by atomic mass is 32.1. The highest BCUT2D eigenvalue weighted by Gasteiger charge is 2.01. The molecule has 0 aliphatic rings. The topological polar surface area (TPSA) is 29.4 Å². The Morgan fingerprint density at radius 2 is 2.60 bits per heavy atom. The lowest BCUT2D eigenvalue weighted by atomic mass is 10.2. The second-order valence-corrected chi connectivity index (χ2v) is 2.73. The minimum absolute atomic E-state index is 0.0382. The van der Waals surface area contributed by atoms with Gasteiger partial charge in [-0.3, -0.25) is 0 Å². The third-order valence-electron chi connectivity index (χ3n) is 1.27. The van der Waals surface area contributed by atoms with E-state index in [0.29, 0.717) is 0 Å². The predicted molar refractivity (Wildman–Crippen MR) is 40.9 cm³/mol. The van der Waals surface area contributed by atoms with Crippen molar-refractivity contribution in [3.8, 4) is 0 Å². The lowest BCUT2D eigenvalue weighted by Gasteiger charge is -1.96. The molecule has 0 N–H and O–H groups in total. The highest BCUT2D eigenvalue weighted by Crippen LogP contribution is 2.17. The maximum atomic E-state index is 9.82. The van der Waals surface area contributed by atoms with Crippen molar-refractivity contribution in [1.29, 1.82) is 0 Å². The zero-order chi connectivity index (χ0) is 7.40. The number of nitrogens with zero attached hydrogens (tertiary/aromatic N) is 1. The van der Waals surface area contributed by atoms with Crippen LogP contribution in [0.3, 0.4) is 0 Å². The van der Waals surface area contributed by atoms with Crippen molar-refractivity contribution in [1.82, 2.24) is 0 Å². The number of isocyanates is 1. The van der Waals surface area contributed by atoms with E-state index in [-0.39, 0.29) is 6.04 Å². The van der Waals surface area contributed by atoms with Crippen molar-refractivity contribution in [3.63, 3.8) is 0 Å². The summed E-state index contributed by atoms with van der Waals surface area (Å²) in [7, 11) is 0. The molecular formula is C7H7NOS. The first-order chi connectivity index (χ1) is 4.84. The van der Waals surface area contributed by atoms with Crippen LogP contribution in [-0.4, -0.2) is 6.08 Å². The molecule has 1 heterocycles. The van der Waals surface area contributed by atoms with Gasteiger partial charge in [-0.25, -0.2) is 4.79 Å². The first-order valence-electron chi connectivity index (χ1n) is 2.93. The second-order valence-electron chi connectivity index (χ2n) is 1.95. The van der Waals surface area contributed by atoms with E-state index in [1.165, 1.54) is 6.08 Å². The van der Waals surface area contributed by atoms with Crippen LogP contribution in [0, 0.1) is 0 Å². The van der Waals surface area contributed by atoms with Gasteiger partial charge in [-0.05, 0) is 29.3 Å². The average molecular weight is 153 g/mol. The molecule has 0 aliphatic carbocycles. The molecule has 1 aromatic heterocycles. The van der Waals surface area contributed by atoms with Crippen molar-refractivity contribution < 1.29 is 4.79 Å². The Morgan fingerprint density at radius 1 is 1.80 bits per heavy atom. The lowest BCUT2D eigenvalue weighted by Crippen LogP contribution is -1.83. The zero-order valence-corrected chi connectivity index (χ0v) is 6.39. The van der Waals surface area contributed by atoms with Crippen molar-refractivity contribution in [2.24, 2.45) is 4.99 Å². The van der Waals surface area contributed by atoms with Gasteiger partial charge < -0.3 is 0 Å². The molecule has 3 heteroatoms. The molecule has 0 radical (unpaired) electrons. The Balaban J connectivity index is 2.76. The molecule has 0 aliphatic heterocycles. The molecule has 2 nitrogen and oxygen atoms in total. The second kappa shape index (κ2) is 3.30. The summed E-state index contributed by atoms with van der Waals surface area (Å²) in [5, 5.41) is 3.94. The quantitative estimate of drug-likeness (QED) is 0.473. The molecule has 0 saturated carbocycles. The van der Waals surface area contributed by atoms with Crippen molar-refractivity contribution in [2.75, 3.05) is 0 Å². The summed E-state index contributed by atoms with van der Waals surface area (Å²) >= 11 is 1.60. The van der Waals surface area contributed by atoms with Gasteiger partial charge in [-0.2, -0.15) is 16.3 Å². The molecular weight excluding hydrogens is 146 g/mol. The number of carbonyl (C=O) groups excluding carboxylic acids is 1. The van der Waals surface area contributed by atoms with Gasteiger partial charge in [0.15, 0.2) is 0 Å². The Hall–Kier alpha value is -0.920. The van der Waals surface area contributed by atoms with Gasteiger partial charge >= 0.3 is 0 Å². The summed E-state index contributed by atoms with van der Waals surface area (Å²) in [6.45, 7) is 1.87. The van der Waals surface area contributed by atoms with Gasteiger partial charge in [0.2, 0.25) is 6.08 Å². The van der Waals surface area contributed by atoms with Gasteiger partial charge in [0, 0.05) is 0 Å². The number of rotatable bonds is 2. The largest absolute Gasteiger partial charge is 0.235 e. The molecule has 10 heavy (non-hydrogen) atoms. The van der Waals surface area contributed by atoms with Gasteiger partial charge in [0.05, 0.1) is 6.04 Å². The van der Waals surface area contributed by atoms with Gasteiger partial charge in [-0.15, -0.1) is 0 Å². The predicted octanol–water partition coefficient (Wildman–Crippen LogP) is 2.14. The molecule has 0 amide bonds. The number of aliphatic imine (C=N–C) groups is 1. The van der Waals surface area contributed by atoms with Crippen LogP contribution in [0.2, 0.25) is 0 Å². The van der Waals surface area contributed by atoms with Crippen molar-refractivity contribution in [2.45, 2.75) is 13.0 Å². The third-order valence-corrected chi connectivity index (χ3v) is 1.97. The third kappa shape index (κ3) is 1.53. The van der Waals surface area contributed by atoms with Crippen LogP contribution in [0.15, 0.2) is 21.8 Å². The number of hydrogen-bond donors (Lipinski definition) is 0. The molecule has 0 bridgehead atoms. The molecule has 0 spiro atoms. The molecule has 1 aromatic rings. The van der Waals surface area contributed by atoms with E-state index in [1.807, 2.05) is 23.8 Å². The van der Waals surface area contributed by atoms with E-state index in [2.05, 4.69) is 4.99 Å². The van der Waals surface area contributed by atoms with Crippen LogP contribution >= 0.6 is 11.3 Å². The Bertz CT molecular complexity index is 236. The SMILES string of the molecule is CC(N=C=O)c1ccsc1. The zero-order valence-electron chi connectivity index (χ0n) is 5.57. The standard InChI is InChI=1S/C7H7NOS/c1-6(8-5-9)7-2-3-10-4-7/h2-4,6H,1H3. The summed E-state index contributed by atoms with van der Waals surface area (Å²) in [5.74, 6) is 0. The number of thiophene rings is 1. The molecule has 0 aromatic carbocycles. The highest BCUT2D eigenvalue weighted by molar-refractivity contribution is 7.07. The summed E-state index contributed by atoms with van der Waals surface area (Å²) in [6.07, 6.45) is 1.54. The van der Waals surface area contributed by atoms with Crippen LogP contribution < -0.4 is 0 Å². The maximum absolute atomic E-state index is 9.82. The summed E-state index contributed by atoms with van der Waals surface area (Å²) < 4.78 is 0. The minimum Gasteiger partial charge on any atom is -0.211 e. The Labute approximate surface area is 63.2 Å². The van der Waals surface area contributed by atoms with E-state index in [9.17, 15) is 4.79 Å². The van der Waals surface area contributed by atoms with Crippen molar-refractivity contribution in [3.05, 3.63) is 22.4 Å². The molecule has 0 saturated heterocycles. The summed E-state index contributed by atoms with van der Waals surface area (Å²) in [6, 6.07) is 1.92. The van der Waals surface area contributed by atoms with Gasteiger partial charge in [0.1, 0.15) is 0 Å². The van der Waals surface area contributed by atoms with Crippen LogP contribution in [-0.2, 0) is 4.79 Å². The fraction of sp³-hybridized carbons (Fsp3) is 0.286. The van der Waals surface area contributed by atoms with E-state index in [0.717, 1.165) is 5.56 Å². The molecule has 0 fully saturated rings. The normalized spacial score (nSPS) is 12.1. The summed E-state index contributed by atoms with van der Waals surface area (Å²) in [4.78, 5) is 13.4. The van der Waals surface area contributed by atoms with Crippen molar-refractivity contribution >= 4 is 17.4 Å². The number of hydrogen-bond acceptors (Lipinski definition) is 3. The smallest absolute Gasteiger partial charge is 0.211 e.